The van der Waals surface area contributed by atoms with Gasteiger partial charge in [-0.15, -0.1) is 0 Å². The highest BCUT2D eigenvalue weighted by Crippen LogP contribution is 2.67. The van der Waals surface area contributed by atoms with Crippen LogP contribution in [0.1, 0.15) is 71.6 Å². The maximum Gasteiger partial charge on any atom is 0.304 e. The number of thioether (sulfide) groups is 1. The standard InChI is InChI=1S/C22H34O4S/c1-21-8-5-14(23)11-13(21)3-4-15-16(21)6-9-22(2)18(24)12-17(20(15)22)27-10-7-19(25)26/h13,15-18,20,24H,3-12H2,1-2H3,(H,25,26)/t13-,15+,16-,17+,18-,20+,21-,22+/m0/s1. The van der Waals surface area contributed by atoms with Gasteiger partial charge in [-0.05, 0) is 73.0 Å². The third-order valence-corrected chi connectivity index (χ3v) is 10.4. The number of aliphatic carboxylic acids is 1. The van der Waals surface area contributed by atoms with Gasteiger partial charge in [-0.2, -0.15) is 11.8 Å². The quantitative estimate of drug-likeness (QED) is 0.749. The molecular formula is C22H34O4S. The first-order chi connectivity index (χ1) is 12.8. The van der Waals surface area contributed by atoms with Gasteiger partial charge in [-0.25, -0.2) is 0 Å². The Labute approximate surface area is 166 Å². The van der Waals surface area contributed by atoms with Gasteiger partial charge in [0.15, 0.2) is 0 Å². The van der Waals surface area contributed by atoms with Crippen LogP contribution in [-0.2, 0) is 9.59 Å². The lowest BCUT2D eigenvalue weighted by Crippen LogP contribution is -2.55. The van der Waals surface area contributed by atoms with Crippen molar-refractivity contribution >= 4 is 23.5 Å². The van der Waals surface area contributed by atoms with E-state index >= 15 is 0 Å². The molecule has 152 valence electrons. The number of ketones is 1. The predicted molar refractivity (Wildman–Crippen MR) is 107 cm³/mol. The predicted octanol–water partition coefficient (Wildman–Crippen LogP) is 4.15. The van der Waals surface area contributed by atoms with Crippen LogP contribution >= 0.6 is 11.8 Å². The molecule has 0 spiro atoms. The van der Waals surface area contributed by atoms with E-state index in [1.165, 1.54) is 12.8 Å². The Balaban J connectivity index is 1.57. The van der Waals surface area contributed by atoms with Crippen LogP contribution in [0, 0.1) is 34.5 Å². The van der Waals surface area contributed by atoms with Gasteiger partial charge in [0.25, 0.3) is 0 Å². The summed E-state index contributed by atoms with van der Waals surface area (Å²) in [6, 6.07) is 0. The molecule has 0 saturated heterocycles. The molecule has 0 aromatic heterocycles. The van der Waals surface area contributed by atoms with Gasteiger partial charge in [-0.3, -0.25) is 9.59 Å². The number of carbonyl (C=O) groups is 2. The van der Waals surface area contributed by atoms with E-state index in [0.717, 1.165) is 38.5 Å². The van der Waals surface area contributed by atoms with Crippen molar-refractivity contribution in [3.05, 3.63) is 0 Å². The summed E-state index contributed by atoms with van der Waals surface area (Å²) in [7, 11) is 0. The fraction of sp³-hybridized carbons (Fsp3) is 0.909. The van der Waals surface area contributed by atoms with Crippen molar-refractivity contribution in [1.82, 2.24) is 0 Å². The molecule has 0 unspecified atom stereocenters. The number of hydrogen-bond donors (Lipinski definition) is 2. The van der Waals surface area contributed by atoms with Crippen molar-refractivity contribution in [3.63, 3.8) is 0 Å². The summed E-state index contributed by atoms with van der Waals surface area (Å²) in [6.07, 6.45) is 7.92. The van der Waals surface area contributed by atoms with Crippen molar-refractivity contribution in [2.45, 2.75) is 83.0 Å². The van der Waals surface area contributed by atoms with E-state index in [0.29, 0.717) is 40.5 Å². The average molecular weight is 395 g/mol. The first-order valence-corrected chi connectivity index (χ1v) is 11.8. The Morgan fingerprint density at radius 3 is 2.70 bits per heavy atom. The number of Topliss-reactive ketones (excluding diaryl/α,β-unsaturated/α-hetero) is 1. The van der Waals surface area contributed by atoms with Crippen molar-refractivity contribution < 1.29 is 19.8 Å². The molecule has 0 amide bonds. The second kappa shape index (κ2) is 7.05. The molecule has 5 heteroatoms. The van der Waals surface area contributed by atoms with Crippen LogP contribution in [0.25, 0.3) is 0 Å². The maximum atomic E-state index is 12.0. The summed E-state index contributed by atoms with van der Waals surface area (Å²) in [5, 5.41) is 20.3. The molecular weight excluding hydrogens is 360 g/mol. The number of hydrogen-bond acceptors (Lipinski definition) is 4. The summed E-state index contributed by atoms with van der Waals surface area (Å²) >= 11 is 1.79. The van der Waals surface area contributed by atoms with Gasteiger partial charge < -0.3 is 10.2 Å². The van der Waals surface area contributed by atoms with Crippen LogP contribution in [0.15, 0.2) is 0 Å². The number of aliphatic hydroxyl groups is 1. The van der Waals surface area contributed by atoms with Crippen molar-refractivity contribution in [3.8, 4) is 0 Å². The molecule has 8 atom stereocenters. The molecule has 4 saturated carbocycles. The highest BCUT2D eigenvalue weighted by molar-refractivity contribution is 7.99. The number of carboxylic acids is 1. The van der Waals surface area contributed by atoms with Crippen LogP contribution in [-0.4, -0.2) is 39.1 Å². The molecule has 4 rings (SSSR count). The molecule has 0 aromatic rings. The van der Waals surface area contributed by atoms with Gasteiger partial charge in [0.2, 0.25) is 0 Å². The minimum Gasteiger partial charge on any atom is -0.481 e. The fourth-order valence-corrected chi connectivity index (χ4v) is 9.15. The van der Waals surface area contributed by atoms with Crippen LogP contribution < -0.4 is 0 Å². The van der Waals surface area contributed by atoms with Crippen molar-refractivity contribution in [2.75, 3.05) is 5.75 Å². The minimum atomic E-state index is -0.731. The first-order valence-electron chi connectivity index (χ1n) is 10.8. The van der Waals surface area contributed by atoms with E-state index in [-0.39, 0.29) is 23.4 Å². The Morgan fingerprint density at radius 2 is 1.96 bits per heavy atom. The molecule has 4 aliphatic carbocycles. The molecule has 0 heterocycles. The second-order valence-electron chi connectivity index (χ2n) is 10.2. The molecule has 0 bridgehead atoms. The largest absolute Gasteiger partial charge is 0.481 e. The van der Waals surface area contributed by atoms with E-state index in [1.807, 2.05) is 0 Å². The molecule has 27 heavy (non-hydrogen) atoms. The first kappa shape index (κ1) is 19.8. The molecule has 4 aliphatic rings. The van der Waals surface area contributed by atoms with Gasteiger partial charge in [-0.1, -0.05) is 13.8 Å². The summed E-state index contributed by atoms with van der Waals surface area (Å²) in [6.45, 7) is 4.73. The molecule has 0 radical (unpaired) electrons. The molecule has 0 aliphatic heterocycles. The molecule has 0 aromatic carbocycles. The van der Waals surface area contributed by atoms with Crippen LogP contribution in [0.2, 0.25) is 0 Å². The smallest absolute Gasteiger partial charge is 0.304 e. The van der Waals surface area contributed by atoms with Crippen LogP contribution in [0.3, 0.4) is 0 Å². The van der Waals surface area contributed by atoms with E-state index in [1.54, 1.807) is 11.8 Å². The zero-order valence-corrected chi connectivity index (χ0v) is 17.5. The summed E-state index contributed by atoms with van der Waals surface area (Å²) in [4.78, 5) is 23.0. The Kier molecular flexibility index (Phi) is 5.16. The Hall–Kier alpha value is -0.550. The lowest BCUT2D eigenvalue weighted by Gasteiger charge is -2.60. The Morgan fingerprint density at radius 1 is 1.19 bits per heavy atom. The normalized spacial score (nSPS) is 49.2. The maximum absolute atomic E-state index is 12.0. The van der Waals surface area contributed by atoms with Crippen molar-refractivity contribution in [2.24, 2.45) is 34.5 Å². The minimum absolute atomic E-state index is 0.0181. The summed E-state index contributed by atoms with van der Waals surface area (Å²) in [5.41, 5.74) is 0.262. The number of carboxylic acid groups (broad SMARTS) is 1. The highest BCUT2D eigenvalue weighted by Gasteiger charge is 2.62. The second-order valence-corrected chi connectivity index (χ2v) is 11.5. The zero-order chi connectivity index (χ0) is 19.4. The van der Waals surface area contributed by atoms with Gasteiger partial charge in [0.05, 0.1) is 12.5 Å². The summed E-state index contributed by atoms with van der Waals surface area (Å²) in [5.74, 6) is 2.69. The topological polar surface area (TPSA) is 74.6 Å². The number of fused-ring (bicyclic) bond motifs is 5. The van der Waals surface area contributed by atoms with Crippen molar-refractivity contribution in [1.29, 1.82) is 0 Å². The monoisotopic (exact) mass is 394 g/mol. The number of aliphatic hydroxyl groups excluding tert-OH is 1. The summed E-state index contributed by atoms with van der Waals surface area (Å²) < 4.78 is 0. The fourth-order valence-electron chi connectivity index (χ4n) is 7.52. The highest BCUT2D eigenvalue weighted by atomic mass is 32.2. The molecule has 2 N–H and O–H groups in total. The van der Waals surface area contributed by atoms with Gasteiger partial charge in [0.1, 0.15) is 5.78 Å². The van der Waals surface area contributed by atoms with E-state index < -0.39 is 5.97 Å². The van der Waals surface area contributed by atoms with E-state index in [9.17, 15) is 14.7 Å². The lowest BCUT2D eigenvalue weighted by molar-refractivity contribution is -0.141. The average Bonchev–Trinajstić information content (AvgIpc) is 2.86. The van der Waals surface area contributed by atoms with Crippen LogP contribution in [0.5, 0.6) is 0 Å². The van der Waals surface area contributed by atoms with E-state index in [4.69, 9.17) is 5.11 Å². The Bertz CT molecular complexity index is 621. The van der Waals surface area contributed by atoms with Crippen LogP contribution in [0.4, 0.5) is 0 Å². The zero-order valence-electron chi connectivity index (χ0n) is 16.7. The molecule has 4 nitrogen and oxygen atoms in total. The van der Waals surface area contributed by atoms with E-state index in [2.05, 4.69) is 13.8 Å². The van der Waals surface area contributed by atoms with Gasteiger partial charge >= 0.3 is 5.97 Å². The SMILES string of the molecule is C[C@]12CC[C@H]3[C@@H](CC[C@H]4CC(=O)CC[C@@]43C)[C@@H]1[C@H](SCCC(=O)O)C[C@@H]2O. The van der Waals surface area contributed by atoms with Gasteiger partial charge in [0, 0.05) is 23.8 Å². The number of rotatable bonds is 4. The third-order valence-electron chi connectivity index (χ3n) is 9.04. The third kappa shape index (κ3) is 3.17. The molecule has 4 fully saturated rings. The number of carbonyl (C=O) groups excluding carboxylic acids is 1. The lowest BCUT2D eigenvalue weighted by atomic mass is 9.45.